The highest BCUT2D eigenvalue weighted by molar-refractivity contribution is 7.09. The summed E-state index contributed by atoms with van der Waals surface area (Å²) >= 11 is 1.53. The summed E-state index contributed by atoms with van der Waals surface area (Å²) in [6.07, 6.45) is 0.987. The fourth-order valence-corrected chi connectivity index (χ4v) is 4.62. The predicted molar refractivity (Wildman–Crippen MR) is 150 cm³/mol. The molecule has 0 bridgehead atoms. The van der Waals surface area contributed by atoms with Crippen LogP contribution in [0.1, 0.15) is 53.4 Å². The molecule has 11 heteroatoms. The van der Waals surface area contributed by atoms with Gasteiger partial charge in [-0.3, -0.25) is 0 Å². The minimum Gasteiger partial charge on any atom is -0.464 e. The van der Waals surface area contributed by atoms with Gasteiger partial charge >= 0.3 is 18.2 Å². The quantitative estimate of drug-likeness (QED) is 0.213. The third kappa shape index (κ3) is 6.92. The third-order valence-electron chi connectivity index (χ3n) is 5.85. The van der Waals surface area contributed by atoms with Crippen LogP contribution in [0.5, 0.6) is 5.75 Å². The average molecular weight is 563 g/mol. The Bertz CT molecular complexity index is 1520. The van der Waals surface area contributed by atoms with E-state index in [9.17, 15) is 19.5 Å². The highest BCUT2D eigenvalue weighted by Gasteiger charge is 2.27. The molecule has 40 heavy (non-hydrogen) atoms. The van der Waals surface area contributed by atoms with Gasteiger partial charge in [0.1, 0.15) is 17.2 Å². The number of ether oxygens (including phenoxy) is 2. The SMILES string of the molecule is Cc1nc(-c2cccc(C(=O)Oc3ccc(C(CN(C)C(=O)OC(C)(C)C)c4nccn4C(=O)O)cc3)c2)cs1. The molecule has 1 atom stereocenters. The summed E-state index contributed by atoms with van der Waals surface area (Å²) in [6.45, 7) is 7.32. The topological polar surface area (TPSA) is 124 Å². The molecule has 0 aliphatic carbocycles. The lowest BCUT2D eigenvalue weighted by atomic mass is 9.97. The molecule has 0 saturated carbocycles. The smallest absolute Gasteiger partial charge is 0.417 e. The summed E-state index contributed by atoms with van der Waals surface area (Å²) in [5, 5.41) is 12.5. The van der Waals surface area contributed by atoms with Gasteiger partial charge in [0.05, 0.1) is 22.2 Å². The van der Waals surface area contributed by atoms with E-state index >= 15 is 0 Å². The number of likely N-dealkylation sites (N-methyl/N-ethyl adjacent to an activating group) is 1. The zero-order chi connectivity index (χ0) is 29.0. The molecule has 4 rings (SSSR count). The van der Waals surface area contributed by atoms with Gasteiger partial charge in [0.15, 0.2) is 0 Å². The summed E-state index contributed by atoms with van der Waals surface area (Å²) in [4.78, 5) is 47.4. The van der Waals surface area contributed by atoms with Crippen molar-refractivity contribution in [3.8, 4) is 17.0 Å². The molecule has 0 fully saturated rings. The molecule has 0 aliphatic heterocycles. The highest BCUT2D eigenvalue weighted by atomic mass is 32.1. The number of rotatable bonds is 7. The summed E-state index contributed by atoms with van der Waals surface area (Å²) in [6, 6.07) is 13.7. The molecule has 0 radical (unpaired) electrons. The molecule has 2 aromatic carbocycles. The minimum absolute atomic E-state index is 0.0984. The maximum atomic E-state index is 12.9. The van der Waals surface area contributed by atoms with E-state index in [0.717, 1.165) is 20.8 Å². The van der Waals surface area contributed by atoms with Crippen molar-refractivity contribution in [3.63, 3.8) is 0 Å². The van der Waals surface area contributed by atoms with Crippen LogP contribution in [-0.4, -0.2) is 61.9 Å². The molecule has 2 heterocycles. The summed E-state index contributed by atoms with van der Waals surface area (Å²) in [7, 11) is 1.58. The van der Waals surface area contributed by atoms with E-state index in [0.29, 0.717) is 16.9 Å². The number of hydrogen-bond donors (Lipinski definition) is 1. The van der Waals surface area contributed by atoms with Crippen LogP contribution in [0, 0.1) is 6.92 Å². The van der Waals surface area contributed by atoms with Crippen LogP contribution in [0.15, 0.2) is 66.3 Å². The van der Waals surface area contributed by atoms with Crippen molar-refractivity contribution in [2.45, 2.75) is 39.2 Å². The van der Waals surface area contributed by atoms with Crippen LogP contribution in [0.2, 0.25) is 0 Å². The number of carbonyl (C=O) groups is 3. The number of benzene rings is 2. The Hall–Kier alpha value is -4.51. The Labute approximate surface area is 235 Å². The maximum absolute atomic E-state index is 12.9. The zero-order valence-corrected chi connectivity index (χ0v) is 23.6. The van der Waals surface area contributed by atoms with Crippen LogP contribution in [0.3, 0.4) is 0 Å². The van der Waals surface area contributed by atoms with Crippen molar-refractivity contribution < 1.29 is 29.0 Å². The molecule has 2 aromatic heterocycles. The molecule has 4 aromatic rings. The Morgan fingerprint density at radius 2 is 1.85 bits per heavy atom. The molecule has 0 saturated heterocycles. The first-order valence-corrected chi connectivity index (χ1v) is 13.3. The normalized spacial score (nSPS) is 12.0. The molecule has 0 aliphatic rings. The van der Waals surface area contributed by atoms with Crippen molar-refractivity contribution in [1.82, 2.24) is 19.4 Å². The number of carboxylic acid groups (broad SMARTS) is 1. The van der Waals surface area contributed by atoms with E-state index in [-0.39, 0.29) is 12.4 Å². The lowest BCUT2D eigenvalue weighted by Gasteiger charge is -2.27. The number of imidazole rings is 1. The van der Waals surface area contributed by atoms with Gasteiger partial charge in [0.25, 0.3) is 0 Å². The molecule has 208 valence electrons. The number of nitrogens with zero attached hydrogens (tertiary/aromatic N) is 4. The largest absolute Gasteiger partial charge is 0.464 e. The van der Waals surface area contributed by atoms with Gasteiger partial charge in [-0.15, -0.1) is 11.3 Å². The lowest BCUT2D eigenvalue weighted by Crippen LogP contribution is -2.37. The van der Waals surface area contributed by atoms with Crippen molar-refractivity contribution in [1.29, 1.82) is 0 Å². The van der Waals surface area contributed by atoms with Crippen molar-refractivity contribution in [3.05, 3.63) is 88.3 Å². The summed E-state index contributed by atoms with van der Waals surface area (Å²) in [5.41, 5.74) is 1.98. The van der Waals surface area contributed by atoms with E-state index in [4.69, 9.17) is 9.47 Å². The van der Waals surface area contributed by atoms with E-state index in [2.05, 4.69) is 9.97 Å². The van der Waals surface area contributed by atoms with Gasteiger partial charge in [-0.2, -0.15) is 0 Å². The van der Waals surface area contributed by atoms with Crippen LogP contribution in [-0.2, 0) is 4.74 Å². The Balaban J connectivity index is 1.55. The molecular weight excluding hydrogens is 532 g/mol. The number of aromatic nitrogens is 3. The van der Waals surface area contributed by atoms with E-state index in [1.807, 2.05) is 18.4 Å². The molecule has 1 amide bonds. The summed E-state index contributed by atoms with van der Waals surface area (Å²) in [5.74, 6) is -0.581. The fourth-order valence-electron chi connectivity index (χ4n) is 3.99. The van der Waals surface area contributed by atoms with Crippen LogP contribution in [0.25, 0.3) is 11.3 Å². The molecule has 1 N–H and O–H groups in total. The van der Waals surface area contributed by atoms with E-state index < -0.39 is 29.7 Å². The number of thiazole rings is 1. The second-order valence-corrected chi connectivity index (χ2v) is 11.2. The first-order chi connectivity index (χ1) is 18.9. The van der Waals surface area contributed by atoms with Crippen LogP contribution >= 0.6 is 11.3 Å². The second-order valence-electron chi connectivity index (χ2n) is 10.1. The predicted octanol–water partition coefficient (Wildman–Crippen LogP) is 6.06. The van der Waals surface area contributed by atoms with Gasteiger partial charge < -0.3 is 19.5 Å². The van der Waals surface area contributed by atoms with Crippen molar-refractivity contribution in [2.24, 2.45) is 0 Å². The number of esters is 1. The Morgan fingerprint density at radius 3 is 2.48 bits per heavy atom. The lowest BCUT2D eigenvalue weighted by molar-refractivity contribution is 0.0292. The van der Waals surface area contributed by atoms with Crippen molar-refractivity contribution >= 4 is 29.5 Å². The minimum atomic E-state index is -1.20. The standard InChI is InChI=1S/C29H30N4O6S/c1-18-31-24(17-40-18)20-7-6-8-21(15-20)26(34)38-22-11-9-19(10-12-22)23(25-30-13-14-33(25)27(35)36)16-32(5)28(37)39-29(2,3)4/h6-15,17,23H,16H2,1-5H3,(H,35,36). The molecule has 0 spiro atoms. The van der Waals surface area contributed by atoms with E-state index in [1.54, 1.807) is 70.3 Å². The Morgan fingerprint density at radius 1 is 1.12 bits per heavy atom. The fraction of sp³-hybridized carbons (Fsp3) is 0.276. The maximum Gasteiger partial charge on any atom is 0.417 e. The number of hydrogen-bond acceptors (Lipinski definition) is 8. The van der Waals surface area contributed by atoms with Crippen molar-refractivity contribution in [2.75, 3.05) is 13.6 Å². The number of aryl methyl sites for hydroxylation is 1. The highest BCUT2D eigenvalue weighted by Crippen LogP contribution is 2.28. The number of carbonyl (C=O) groups excluding carboxylic acids is 2. The first-order valence-electron chi connectivity index (χ1n) is 12.5. The van der Waals surface area contributed by atoms with Gasteiger partial charge in [-0.1, -0.05) is 24.3 Å². The number of amides is 1. The van der Waals surface area contributed by atoms with Crippen LogP contribution in [0.4, 0.5) is 9.59 Å². The second kappa shape index (κ2) is 11.7. The van der Waals surface area contributed by atoms with E-state index in [1.165, 1.54) is 28.6 Å². The Kier molecular flexibility index (Phi) is 8.34. The first kappa shape index (κ1) is 28.5. The average Bonchev–Trinajstić information content (AvgIpc) is 3.56. The monoisotopic (exact) mass is 562 g/mol. The van der Waals surface area contributed by atoms with Gasteiger partial charge in [0, 0.05) is 36.9 Å². The van der Waals surface area contributed by atoms with Gasteiger partial charge in [0.2, 0.25) is 0 Å². The summed E-state index contributed by atoms with van der Waals surface area (Å²) < 4.78 is 12.1. The zero-order valence-electron chi connectivity index (χ0n) is 22.8. The van der Waals surface area contributed by atoms with Crippen LogP contribution < -0.4 is 4.74 Å². The molecule has 10 nitrogen and oxygen atoms in total. The third-order valence-corrected chi connectivity index (χ3v) is 6.63. The molecular formula is C29H30N4O6S. The van der Waals surface area contributed by atoms with Gasteiger partial charge in [-0.25, -0.2) is 28.9 Å². The molecule has 1 unspecified atom stereocenters. The van der Waals surface area contributed by atoms with Gasteiger partial charge in [-0.05, 0) is 57.5 Å².